The van der Waals surface area contributed by atoms with Crippen molar-refractivity contribution >= 4 is 5.97 Å². The molecule has 0 aliphatic carbocycles. The molecule has 92 valence electrons. The highest BCUT2D eigenvalue weighted by Crippen LogP contribution is 2.29. The molecule has 0 saturated carbocycles. The molecule has 0 aromatic heterocycles. The Morgan fingerprint density at radius 1 is 1.11 bits per heavy atom. The van der Waals surface area contributed by atoms with E-state index in [1.165, 1.54) is 30.3 Å². The highest BCUT2D eigenvalue weighted by molar-refractivity contribution is 5.96. The molecular formula is C14H10F2O2. The van der Waals surface area contributed by atoms with E-state index in [0.29, 0.717) is 11.1 Å². The average molecular weight is 248 g/mol. The summed E-state index contributed by atoms with van der Waals surface area (Å²) in [6.45, 7) is 1.71. The van der Waals surface area contributed by atoms with Crippen LogP contribution in [-0.2, 0) is 0 Å². The van der Waals surface area contributed by atoms with Crippen molar-refractivity contribution in [2.75, 3.05) is 0 Å². The van der Waals surface area contributed by atoms with Crippen molar-refractivity contribution in [3.63, 3.8) is 0 Å². The molecule has 0 bridgehead atoms. The van der Waals surface area contributed by atoms with Gasteiger partial charge in [0.2, 0.25) is 0 Å². The molecule has 0 amide bonds. The zero-order valence-electron chi connectivity index (χ0n) is 9.58. The Kier molecular flexibility index (Phi) is 3.10. The van der Waals surface area contributed by atoms with Crippen LogP contribution in [0.2, 0.25) is 0 Å². The molecule has 0 radical (unpaired) electrons. The minimum atomic E-state index is -1.37. The zero-order valence-corrected chi connectivity index (χ0v) is 9.58. The Hall–Kier alpha value is -2.23. The fourth-order valence-electron chi connectivity index (χ4n) is 1.85. The largest absolute Gasteiger partial charge is 0.478 e. The van der Waals surface area contributed by atoms with Gasteiger partial charge in [-0.25, -0.2) is 13.6 Å². The van der Waals surface area contributed by atoms with Crippen LogP contribution in [0, 0.1) is 18.6 Å². The molecule has 2 aromatic rings. The first-order chi connectivity index (χ1) is 8.50. The van der Waals surface area contributed by atoms with Gasteiger partial charge in [-0.3, -0.25) is 0 Å². The number of benzene rings is 2. The minimum Gasteiger partial charge on any atom is -0.478 e. The van der Waals surface area contributed by atoms with Gasteiger partial charge in [-0.2, -0.15) is 0 Å². The van der Waals surface area contributed by atoms with Crippen LogP contribution in [0.4, 0.5) is 8.78 Å². The van der Waals surface area contributed by atoms with Crippen LogP contribution in [0.1, 0.15) is 15.9 Å². The van der Waals surface area contributed by atoms with Crippen molar-refractivity contribution in [2.45, 2.75) is 6.92 Å². The van der Waals surface area contributed by atoms with Crippen LogP contribution in [0.5, 0.6) is 0 Å². The third kappa shape index (κ3) is 2.09. The van der Waals surface area contributed by atoms with Gasteiger partial charge in [0, 0.05) is 0 Å². The van der Waals surface area contributed by atoms with Crippen molar-refractivity contribution in [2.24, 2.45) is 0 Å². The summed E-state index contributed by atoms with van der Waals surface area (Å²) in [5.41, 5.74) is 0.808. The maximum atomic E-state index is 13.5. The number of aromatic carboxylic acids is 1. The summed E-state index contributed by atoms with van der Waals surface area (Å²) >= 11 is 0. The fraction of sp³-hybridized carbons (Fsp3) is 0.0714. The second kappa shape index (κ2) is 4.56. The Morgan fingerprint density at radius 2 is 1.83 bits per heavy atom. The van der Waals surface area contributed by atoms with Crippen molar-refractivity contribution in [3.8, 4) is 11.1 Å². The molecule has 0 saturated heterocycles. The van der Waals surface area contributed by atoms with Crippen molar-refractivity contribution < 1.29 is 18.7 Å². The van der Waals surface area contributed by atoms with Crippen molar-refractivity contribution in [3.05, 3.63) is 59.2 Å². The van der Waals surface area contributed by atoms with Gasteiger partial charge >= 0.3 is 5.97 Å². The summed E-state index contributed by atoms with van der Waals surface area (Å²) < 4.78 is 26.8. The lowest BCUT2D eigenvalue weighted by Crippen LogP contribution is -2.04. The lowest BCUT2D eigenvalue weighted by Gasteiger charge is -2.10. The van der Waals surface area contributed by atoms with Gasteiger partial charge in [-0.15, -0.1) is 0 Å². The van der Waals surface area contributed by atoms with Gasteiger partial charge in [-0.05, 0) is 41.8 Å². The van der Waals surface area contributed by atoms with Crippen molar-refractivity contribution in [1.82, 2.24) is 0 Å². The monoisotopic (exact) mass is 248 g/mol. The van der Waals surface area contributed by atoms with E-state index < -0.39 is 23.2 Å². The van der Waals surface area contributed by atoms with E-state index >= 15 is 0 Å². The molecule has 0 atom stereocenters. The van der Waals surface area contributed by atoms with Gasteiger partial charge in [0.25, 0.3) is 0 Å². The Morgan fingerprint density at radius 3 is 2.50 bits per heavy atom. The number of carboxylic acid groups (broad SMARTS) is 1. The summed E-state index contributed by atoms with van der Waals surface area (Å²) in [5.74, 6) is -2.69. The highest BCUT2D eigenvalue weighted by Gasteiger charge is 2.18. The summed E-state index contributed by atoms with van der Waals surface area (Å²) in [6, 6.07) is 7.95. The molecule has 0 heterocycles. The Labute approximate surface area is 103 Å². The minimum absolute atomic E-state index is 0.180. The molecule has 0 spiro atoms. The van der Waals surface area contributed by atoms with Crippen LogP contribution in [0.25, 0.3) is 11.1 Å². The lowest BCUT2D eigenvalue weighted by molar-refractivity contribution is 0.0693. The van der Waals surface area contributed by atoms with E-state index in [4.69, 9.17) is 5.11 Å². The maximum Gasteiger partial charge on any atom is 0.339 e. The first kappa shape index (κ1) is 12.2. The van der Waals surface area contributed by atoms with Gasteiger partial charge < -0.3 is 5.11 Å². The summed E-state index contributed by atoms with van der Waals surface area (Å²) in [7, 11) is 0. The third-order valence-electron chi connectivity index (χ3n) is 2.72. The van der Waals surface area contributed by atoms with Crippen LogP contribution in [0.15, 0.2) is 36.4 Å². The van der Waals surface area contributed by atoms with Crippen LogP contribution in [0.3, 0.4) is 0 Å². The van der Waals surface area contributed by atoms with E-state index in [1.807, 2.05) is 0 Å². The predicted molar refractivity (Wildman–Crippen MR) is 63.5 cm³/mol. The quantitative estimate of drug-likeness (QED) is 0.880. The Bertz CT molecular complexity index is 621. The molecule has 4 heteroatoms. The number of carboxylic acids is 1. The topological polar surface area (TPSA) is 37.3 Å². The summed E-state index contributed by atoms with van der Waals surface area (Å²) in [5, 5.41) is 9.03. The third-order valence-corrected chi connectivity index (χ3v) is 2.72. The Balaban J connectivity index is 2.75. The molecule has 18 heavy (non-hydrogen) atoms. The van der Waals surface area contributed by atoms with Crippen molar-refractivity contribution in [1.29, 1.82) is 0 Å². The first-order valence-corrected chi connectivity index (χ1v) is 5.29. The number of rotatable bonds is 2. The van der Waals surface area contributed by atoms with E-state index in [2.05, 4.69) is 0 Å². The second-order valence-corrected chi connectivity index (χ2v) is 3.93. The number of hydrogen-bond donors (Lipinski definition) is 1. The second-order valence-electron chi connectivity index (χ2n) is 3.93. The van der Waals surface area contributed by atoms with E-state index in [9.17, 15) is 13.6 Å². The number of hydrogen-bond acceptors (Lipinski definition) is 1. The van der Waals surface area contributed by atoms with Gasteiger partial charge in [0.15, 0.2) is 0 Å². The van der Waals surface area contributed by atoms with E-state index in [-0.39, 0.29) is 5.56 Å². The van der Waals surface area contributed by atoms with Gasteiger partial charge in [0.1, 0.15) is 17.2 Å². The molecule has 2 nitrogen and oxygen atoms in total. The van der Waals surface area contributed by atoms with Gasteiger partial charge in [0.05, 0.1) is 0 Å². The molecule has 0 aliphatic rings. The molecule has 2 aromatic carbocycles. The maximum absolute atomic E-state index is 13.5. The fourth-order valence-corrected chi connectivity index (χ4v) is 1.85. The molecule has 2 rings (SSSR count). The summed E-state index contributed by atoms with van der Waals surface area (Å²) in [6.07, 6.45) is 0. The zero-order chi connectivity index (χ0) is 13.3. The molecular weight excluding hydrogens is 238 g/mol. The smallest absolute Gasteiger partial charge is 0.339 e. The number of carbonyl (C=O) groups is 1. The number of aryl methyl sites for hydroxylation is 1. The normalized spacial score (nSPS) is 10.4. The molecule has 0 fully saturated rings. The predicted octanol–water partition coefficient (Wildman–Crippen LogP) is 3.64. The average Bonchev–Trinajstić information content (AvgIpc) is 2.31. The van der Waals surface area contributed by atoms with Gasteiger partial charge in [-0.1, -0.05) is 18.2 Å². The molecule has 0 aliphatic heterocycles. The molecule has 0 unspecified atom stereocenters. The van der Waals surface area contributed by atoms with Crippen LogP contribution >= 0.6 is 0 Å². The van der Waals surface area contributed by atoms with E-state index in [1.54, 1.807) is 6.92 Å². The first-order valence-electron chi connectivity index (χ1n) is 5.29. The van der Waals surface area contributed by atoms with Crippen LogP contribution < -0.4 is 0 Å². The summed E-state index contributed by atoms with van der Waals surface area (Å²) in [4.78, 5) is 11.1. The lowest BCUT2D eigenvalue weighted by atomic mass is 9.95. The SMILES string of the molecule is Cc1ccc(F)cc1-c1cccc(F)c1C(=O)O. The standard InChI is InChI=1S/C14H10F2O2/c1-8-5-6-9(15)7-11(8)10-3-2-4-12(16)13(10)14(17)18/h2-7H,1H3,(H,17,18). The highest BCUT2D eigenvalue weighted by atomic mass is 19.1. The number of halogens is 2. The van der Waals surface area contributed by atoms with Crippen LogP contribution in [-0.4, -0.2) is 11.1 Å². The van der Waals surface area contributed by atoms with E-state index in [0.717, 1.165) is 6.07 Å². The molecule has 1 N–H and O–H groups in total.